The monoisotopic (exact) mass is 342 g/mol. The van der Waals surface area contributed by atoms with Gasteiger partial charge in [0.15, 0.2) is 0 Å². The summed E-state index contributed by atoms with van der Waals surface area (Å²) in [7, 11) is -5.51. The molecule has 22 heavy (non-hydrogen) atoms. The molecule has 0 fully saturated rings. The minimum absolute atomic E-state index is 0.0727. The van der Waals surface area contributed by atoms with E-state index >= 15 is 0 Å². The largest absolute Gasteiger partial charge is 0.534 e. The van der Waals surface area contributed by atoms with Crippen molar-refractivity contribution in [3.8, 4) is 0 Å². The summed E-state index contributed by atoms with van der Waals surface area (Å²) in [6.45, 7) is 2.17. The molecule has 1 aliphatic rings. The first kappa shape index (κ1) is 19.3. The van der Waals surface area contributed by atoms with Crippen molar-refractivity contribution < 1.29 is 25.8 Å². The Morgan fingerprint density at radius 2 is 1.82 bits per heavy atom. The van der Waals surface area contributed by atoms with Crippen molar-refractivity contribution >= 4 is 10.1 Å². The zero-order valence-corrected chi connectivity index (χ0v) is 13.8. The minimum Gasteiger partial charge on any atom is -0.381 e. The number of alkyl halides is 3. The number of allylic oxidation sites excluding steroid dienone is 2. The smallest absolute Gasteiger partial charge is 0.381 e. The van der Waals surface area contributed by atoms with Crippen molar-refractivity contribution in [2.24, 2.45) is 5.92 Å². The highest BCUT2D eigenvalue weighted by atomic mass is 32.2. The van der Waals surface area contributed by atoms with E-state index < -0.39 is 15.6 Å². The van der Waals surface area contributed by atoms with Crippen LogP contribution in [0.3, 0.4) is 0 Å². The van der Waals surface area contributed by atoms with Crippen molar-refractivity contribution in [3.05, 3.63) is 11.8 Å². The van der Waals surface area contributed by atoms with Crippen molar-refractivity contribution in [1.29, 1.82) is 0 Å². The summed E-state index contributed by atoms with van der Waals surface area (Å²) in [5, 5.41) is 0. The second kappa shape index (κ2) is 8.79. The zero-order valence-electron chi connectivity index (χ0n) is 13.0. The van der Waals surface area contributed by atoms with E-state index in [9.17, 15) is 21.6 Å². The number of halogens is 3. The quantitative estimate of drug-likeness (QED) is 0.325. The lowest BCUT2D eigenvalue weighted by molar-refractivity contribution is -0.0524. The zero-order chi connectivity index (χ0) is 16.6. The molecule has 0 heterocycles. The lowest BCUT2D eigenvalue weighted by atomic mass is 9.88. The Morgan fingerprint density at radius 3 is 2.36 bits per heavy atom. The fourth-order valence-corrected chi connectivity index (χ4v) is 3.13. The molecule has 0 aliphatic heterocycles. The molecule has 0 radical (unpaired) electrons. The third-order valence-electron chi connectivity index (χ3n) is 3.94. The standard InChI is InChI=1S/C15H25F3O3S/c1-2-3-4-5-6-7-8-13-9-11-14(12-10-13)21-22(19,20)15(16,17)18/h11,13H,2-10,12H2,1H3. The number of hydrogen-bond donors (Lipinski definition) is 0. The Morgan fingerprint density at radius 1 is 1.18 bits per heavy atom. The van der Waals surface area contributed by atoms with Gasteiger partial charge in [0.1, 0.15) is 5.76 Å². The van der Waals surface area contributed by atoms with E-state index in [1.165, 1.54) is 38.2 Å². The SMILES string of the molecule is CCCCCCCCC1CC=C(OS(=O)(=O)C(F)(F)F)CC1. The third kappa shape index (κ3) is 6.58. The van der Waals surface area contributed by atoms with Crippen LogP contribution in [-0.4, -0.2) is 13.9 Å². The number of rotatable bonds is 9. The highest BCUT2D eigenvalue weighted by Crippen LogP contribution is 2.32. The molecule has 130 valence electrons. The second-order valence-electron chi connectivity index (χ2n) is 5.85. The van der Waals surface area contributed by atoms with Crippen LogP contribution in [0.2, 0.25) is 0 Å². The third-order valence-corrected chi connectivity index (χ3v) is 4.94. The van der Waals surface area contributed by atoms with E-state index in [0.29, 0.717) is 18.8 Å². The van der Waals surface area contributed by atoms with Gasteiger partial charge in [-0.2, -0.15) is 21.6 Å². The summed E-state index contributed by atoms with van der Waals surface area (Å²) in [4.78, 5) is 0. The normalized spacial score (nSPS) is 19.8. The van der Waals surface area contributed by atoms with Crippen LogP contribution >= 0.6 is 0 Å². The van der Waals surface area contributed by atoms with Gasteiger partial charge in [-0.15, -0.1) is 0 Å². The van der Waals surface area contributed by atoms with Crippen LogP contribution in [0.15, 0.2) is 11.8 Å². The molecular weight excluding hydrogens is 317 g/mol. The highest BCUT2D eigenvalue weighted by Gasteiger charge is 2.48. The summed E-state index contributed by atoms with van der Waals surface area (Å²) in [5.41, 5.74) is -5.36. The van der Waals surface area contributed by atoms with Crippen LogP contribution in [0.5, 0.6) is 0 Å². The Kier molecular flexibility index (Phi) is 7.72. The van der Waals surface area contributed by atoms with Gasteiger partial charge in [0, 0.05) is 6.42 Å². The summed E-state index contributed by atoms with van der Waals surface area (Å²) in [6.07, 6.45) is 11.4. The van der Waals surface area contributed by atoms with E-state index in [1.807, 2.05) is 0 Å². The first-order valence-corrected chi connectivity index (χ1v) is 9.37. The summed E-state index contributed by atoms with van der Waals surface area (Å²) >= 11 is 0. The molecule has 0 aromatic rings. The lowest BCUT2D eigenvalue weighted by Gasteiger charge is -2.22. The lowest BCUT2D eigenvalue weighted by Crippen LogP contribution is -2.26. The molecule has 3 nitrogen and oxygen atoms in total. The maximum atomic E-state index is 12.2. The van der Waals surface area contributed by atoms with Crippen LogP contribution in [0.1, 0.15) is 71.1 Å². The predicted octanol–water partition coefficient (Wildman–Crippen LogP) is 5.29. The topological polar surface area (TPSA) is 43.4 Å². The van der Waals surface area contributed by atoms with Crippen molar-refractivity contribution in [2.75, 3.05) is 0 Å². The molecule has 0 N–H and O–H groups in total. The van der Waals surface area contributed by atoms with Crippen molar-refractivity contribution in [1.82, 2.24) is 0 Å². The van der Waals surface area contributed by atoms with Gasteiger partial charge in [0.2, 0.25) is 0 Å². The summed E-state index contributed by atoms with van der Waals surface area (Å²) in [5.74, 6) is 0.351. The van der Waals surface area contributed by atoms with Gasteiger partial charge in [-0.1, -0.05) is 51.9 Å². The molecule has 0 aromatic heterocycles. The average molecular weight is 342 g/mol. The van der Waals surface area contributed by atoms with Gasteiger partial charge in [-0.3, -0.25) is 0 Å². The number of hydrogen-bond acceptors (Lipinski definition) is 3. The van der Waals surface area contributed by atoms with Gasteiger partial charge >= 0.3 is 15.6 Å². The molecule has 0 bridgehead atoms. The second-order valence-corrected chi connectivity index (χ2v) is 7.39. The molecule has 1 unspecified atom stereocenters. The first-order chi connectivity index (χ1) is 10.3. The Hall–Kier alpha value is -0.720. The Balaban J connectivity index is 2.28. The fraction of sp³-hybridized carbons (Fsp3) is 0.867. The van der Waals surface area contributed by atoms with E-state index in [-0.39, 0.29) is 12.2 Å². The van der Waals surface area contributed by atoms with E-state index in [0.717, 1.165) is 12.8 Å². The van der Waals surface area contributed by atoms with Gasteiger partial charge in [-0.05, 0) is 24.8 Å². The van der Waals surface area contributed by atoms with E-state index in [4.69, 9.17) is 0 Å². The molecular formula is C15H25F3O3S. The van der Waals surface area contributed by atoms with Gasteiger partial charge in [0.05, 0.1) is 0 Å². The first-order valence-electron chi connectivity index (χ1n) is 7.96. The van der Waals surface area contributed by atoms with Gasteiger partial charge in [-0.25, -0.2) is 0 Å². The van der Waals surface area contributed by atoms with Crippen LogP contribution in [0, 0.1) is 5.92 Å². The average Bonchev–Trinajstić information content (AvgIpc) is 2.43. The summed E-state index contributed by atoms with van der Waals surface area (Å²) in [6, 6.07) is 0. The predicted molar refractivity (Wildman–Crippen MR) is 79.5 cm³/mol. The minimum atomic E-state index is -5.51. The van der Waals surface area contributed by atoms with Crippen molar-refractivity contribution in [3.63, 3.8) is 0 Å². The van der Waals surface area contributed by atoms with Crippen LogP contribution in [-0.2, 0) is 14.3 Å². The molecule has 7 heteroatoms. The van der Waals surface area contributed by atoms with Crippen LogP contribution in [0.4, 0.5) is 13.2 Å². The van der Waals surface area contributed by atoms with Crippen LogP contribution < -0.4 is 0 Å². The van der Waals surface area contributed by atoms with Crippen molar-refractivity contribution in [2.45, 2.75) is 76.6 Å². The Bertz CT molecular complexity index is 455. The van der Waals surface area contributed by atoms with E-state index in [2.05, 4.69) is 11.1 Å². The molecule has 1 aliphatic carbocycles. The Labute approximate surface area is 131 Å². The maximum absolute atomic E-state index is 12.2. The molecule has 0 saturated heterocycles. The summed E-state index contributed by atoms with van der Waals surface area (Å²) < 4.78 is 62.6. The number of unbranched alkanes of at least 4 members (excludes halogenated alkanes) is 5. The molecule has 0 amide bonds. The molecule has 0 spiro atoms. The molecule has 0 aromatic carbocycles. The molecule has 1 rings (SSSR count). The van der Waals surface area contributed by atoms with Crippen LogP contribution in [0.25, 0.3) is 0 Å². The van der Waals surface area contributed by atoms with Gasteiger partial charge in [0.25, 0.3) is 0 Å². The molecule has 1 atom stereocenters. The van der Waals surface area contributed by atoms with E-state index in [1.54, 1.807) is 0 Å². The fourth-order valence-electron chi connectivity index (χ4n) is 2.60. The molecule has 0 saturated carbocycles. The maximum Gasteiger partial charge on any atom is 0.534 e. The highest BCUT2D eigenvalue weighted by molar-refractivity contribution is 7.87. The van der Waals surface area contributed by atoms with Gasteiger partial charge < -0.3 is 4.18 Å².